The Morgan fingerprint density at radius 2 is 1.67 bits per heavy atom. The lowest BCUT2D eigenvalue weighted by atomic mass is 10.0. The van der Waals surface area contributed by atoms with Gasteiger partial charge in [-0.3, -0.25) is 9.59 Å². The number of H-pyrrole nitrogens is 1. The van der Waals surface area contributed by atoms with E-state index in [-0.39, 0.29) is 11.8 Å². The Morgan fingerprint density at radius 1 is 0.967 bits per heavy atom. The van der Waals surface area contributed by atoms with Gasteiger partial charge in [0.1, 0.15) is 5.65 Å². The van der Waals surface area contributed by atoms with Gasteiger partial charge in [-0.05, 0) is 58.5 Å². The molecule has 0 spiro atoms. The Kier molecular flexibility index (Phi) is 5.81. The van der Waals surface area contributed by atoms with Crippen molar-refractivity contribution in [2.24, 2.45) is 0 Å². The van der Waals surface area contributed by atoms with Crippen molar-refractivity contribution in [1.29, 1.82) is 0 Å². The van der Waals surface area contributed by atoms with Gasteiger partial charge < -0.3 is 15.6 Å². The molecular formula is C23H24N4O2S. The first kappa shape index (κ1) is 20.1. The summed E-state index contributed by atoms with van der Waals surface area (Å²) in [5.41, 5.74) is 5.41. The van der Waals surface area contributed by atoms with E-state index in [2.05, 4.69) is 50.2 Å². The van der Waals surface area contributed by atoms with Crippen LogP contribution in [0.15, 0.2) is 42.0 Å². The summed E-state index contributed by atoms with van der Waals surface area (Å²) in [4.78, 5) is 30.1. The lowest BCUT2D eigenvalue weighted by molar-refractivity contribution is -0.119. The number of nitrogens with one attached hydrogen (secondary N) is 3. The Labute approximate surface area is 178 Å². The Hall–Kier alpha value is -3.19. The van der Waals surface area contributed by atoms with Crippen LogP contribution in [0.1, 0.15) is 25.0 Å². The smallest absolute Gasteiger partial charge is 0.216 e. The average molecular weight is 421 g/mol. The van der Waals surface area contributed by atoms with Gasteiger partial charge in [-0.1, -0.05) is 6.07 Å². The van der Waals surface area contributed by atoms with E-state index in [4.69, 9.17) is 0 Å². The number of rotatable bonds is 7. The lowest BCUT2D eigenvalue weighted by Crippen LogP contribution is -2.22. The molecule has 2 amide bonds. The first-order valence-electron chi connectivity index (χ1n) is 9.96. The number of nitrogens with zero attached hydrogens (tertiary/aromatic N) is 1. The van der Waals surface area contributed by atoms with Crippen LogP contribution in [0.4, 0.5) is 0 Å². The molecule has 4 aromatic rings. The van der Waals surface area contributed by atoms with Gasteiger partial charge in [-0.25, -0.2) is 4.98 Å². The van der Waals surface area contributed by atoms with Gasteiger partial charge in [0, 0.05) is 55.0 Å². The molecule has 0 atom stereocenters. The zero-order valence-corrected chi connectivity index (χ0v) is 17.9. The SMILES string of the molecule is CC(=O)NCCc1c[nH]c2ncc(-c3ccc4scc(CCNC(C)=O)c4c3)cc12. The molecule has 30 heavy (non-hydrogen) atoms. The molecule has 3 heterocycles. The molecule has 0 aliphatic heterocycles. The predicted octanol–water partition coefficient (Wildman–Crippen LogP) is 3.80. The maximum atomic E-state index is 11.1. The van der Waals surface area contributed by atoms with Crippen LogP contribution >= 0.6 is 11.3 Å². The molecule has 0 saturated heterocycles. The molecule has 154 valence electrons. The average Bonchev–Trinajstić information content (AvgIpc) is 3.31. The fraction of sp³-hybridized carbons (Fsp3) is 0.261. The largest absolute Gasteiger partial charge is 0.356 e. The molecule has 0 saturated carbocycles. The number of aromatic amines is 1. The summed E-state index contributed by atoms with van der Waals surface area (Å²) in [6.07, 6.45) is 5.42. The minimum atomic E-state index is -0.0213. The third-order valence-electron chi connectivity index (χ3n) is 5.14. The highest BCUT2D eigenvalue weighted by Gasteiger charge is 2.10. The number of hydrogen-bond donors (Lipinski definition) is 3. The van der Waals surface area contributed by atoms with Gasteiger partial charge in [0.05, 0.1) is 0 Å². The molecule has 0 unspecified atom stereocenters. The predicted molar refractivity (Wildman–Crippen MR) is 122 cm³/mol. The molecule has 6 nitrogen and oxygen atoms in total. The minimum Gasteiger partial charge on any atom is -0.356 e. The van der Waals surface area contributed by atoms with Crippen molar-refractivity contribution in [2.45, 2.75) is 26.7 Å². The summed E-state index contributed by atoms with van der Waals surface area (Å²) in [6.45, 7) is 4.31. The number of benzene rings is 1. The summed E-state index contributed by atoms with van der Waals surface area (Å²) < 4.78 is 1.24. The van der Waals surface area contributed by atoms with Crippen molar-refractivity contribution in [2.75, 3.05) is 13.1 Å². The molecule has 4 rings (SSSR count). The van der Waals surface area contributed by atoms with Crippen molar-refractivity contribution >= 4 is 44.3 Å². The second-order valence-corrected chi connectivity index (χ2v) is 8.28. The number of thiophene rings is 1. The van der Waals surface area contributed by atoms with Gasteiger partial charge in [-0.15, -0.1) is 11.3 Å². The highest BCUT2D eigenvalue weighted by atomic mass is 32.1. The summed E-state index contributed by atoms with van der Waals surface area (Å²) in [5, 5.41) is 10.2. The van der Waals surface area contributed by atoms with Crippen LogP contribution in [0.2, 0.25) is 0 Å². The van der Waals surface area contributed by atoms with Crippen LogP contribution in [0.5, 0.6) is 0 Å². The number of carbonyl (C=O) groups excluding carboxylic acids is 2. The Balaban J connectivity index is 1.62. The maximum absolute atomic E-state index is 11.1. The number of fused-ring (bicyclic) bond motifs is 2. The number of amides is 2. The number of hydrogen-bond acceptors (Lipinski definition) is 4. The lowest BCUT2D eigenvalue weighted by Gasteiger charge is -2.06. The van der Waals surface area contributed by atoms with E-state index in [1.54, 1.807) is 18.3 Å². The standard InChI is InChI=1S/C23H24N4O2S/c1-14(28)24-7-5-17-11-26-23-21(17)10-19(12-27-23)16-3-4-22-20(9-16)18(13-30-22)6-8-25-15(2)29/h3-4,9-13H,5-8H2,1-2H3,(H,24,28)(H,25,29)(H,26,27). The molecule has 0 bridgehead atoms. The van der Waals surface area contributed by atoms with Crippen LogP contribution in [-0.2, 0) is 22.4 Å². The van der Waals surface area contributed by atoms with Crippen LogP contribution in [0, 0.1) is 0 Å². The molecule has 0 radical (unpaired) electrons. The molecule has 1 aromatic carbocycles. The maximum Gasteiger partial charge on any atom is 0.216 e. The normalized spacial score (nSPS) is 11.1. The molecule has 0 fully saturated rings. The second-order valence-electron chi connectivity index (χ2n) is 7.37. The fourth-order valence-electron chi connectivity index (χ4n) is 3.62. The van der Waals surface area contributed by atoms with E-state index in [1.807, 2.05) is 12.4 Å². The quantitative estimate of drug-likeness (QED) is 0.425. The first-order valence-corrected chi connectivity index (χ1v) is 10.8. The molecule has 3 aromatic heterocycles. The molecule has 0 aliphatic rings. The van der Waals surface area contributed by atoms with Crippen LogP contribution in [0.25, 0.3) is 32.2 Å². The van der Waals surface area contributed by atoms with Crippen molar-refractivity contribution in [1.82, 2.24) is 20.6 Å². The number of pyridine rings is 1. The zero-order valence-electron chi connectivity index (χ0n) is 17.0. The summed E-state index contributed by atoms with van der Waals surface area (Å²) in [5.74, 6) is -0.0255. The zero-order chi connectivity index (χ0) is 21.1. The molecule has 0 aliphatic carbocycles. The third kappa shape index (κ3) is 4.36. The van der Waals surface area contributed by atoms with E-state index in [1.165, 1.54) is 22.6 Å². The fourth-order valence-corrected chi connectivity index (χ4v) is 4.60. The summed E-state index contributed by atoms with van der Waals surface area (Å²) >= 11 is 1.73. The summed E-state index contributed by atoms with van der Waals surface area (Å²) in [7, 11) is 0. The highest BCUT2D eigenvalue weighted by Crippen LogP contribution is 2.32. The number of aromatic nitrogens is 2. The molecule has 3 N–H and O–H groups in total. The Bertz CT molecular complexity index is 1130. The Morgan fingerprint density at radius 3 is 2.40 bits per heavy atom. The number of carbonyl (C=O) groups is 2. The van der Waals surface area contributed by atoms with E-state index in [0.717, 1.165) is 40.6 Å². The van der Waals surface area contributed by atoms with E-state index >= 15 is 0 Å². The summed E-state index contributed by atoms with van der Waals surface area (Å²) in [6, 6.07) is 8.65. The van der Waals surface area contributed by atoms with Crippen molar-refractivity contribution < 1.29 is 9.59 Å². The second kappa shape index (κ2) is 8.67. The molecule has 7 heteroatoms. The third-order valence-corrected chi connectivity index (χ3v) is 6.15. The van der Waals surface area contributed by atoms with Crippen molar-refractivity contribution in [3.05, 3.63) is 53.2 Å². The van der Waals surface area contributed by atoms with Gasteiger partial charge in [-0.2, -0.15) is 0 Å². The highest BCUT2D eigenvalue weighted by molar-refractivity contribution is 7.17. The van der Waals surface area contributed by atoms with E-state index < -0.39 is 0 Å². The van der Waals surface area contributed by atoms with Crippen LogP contribution in [0.3, 0.4) is 0 Å². The van der Waals surface area contributed by atoms with Crippen LogP contribution < -0.4 is 10.6 Å². The van der Waals surface area contributed by atoms with Gasteiger partial charge in [0.2, 0.25) is 11.8 Å². The minimum absolute atomic E-state index is 0.00425. The van der Waals surface area contributed by atoms with Gasteiger partial charge in [0.15, 0.2) is 0 Å². The van der Waals surface area contributed by atoms with Crippen LogP contribution in [-0.4, -0.2) is 34.9 Å². The van der Waals surface area contributed by atoms with Gasteiger partial charge >= 0.3 is 0 Å². The molecular weight excluding hydrogens is 396 g/mol. The van der Waals surface area contributed by atoms with Gasteiger partial charge in [0.25, 0.3) is 0 Å². The van der Waals surface area contributed by atoms with E-state index in [9.17, 15) is 9.59 Å². The first-order chi connectivity index (χ1) is 14.5. The monoisotopic (exact) mass is 420 g/mol. The topological polar surface area (TPSA) is 86.9 Å². The van der Waals surface area contributed by atoms with E-state index in [0.29, 0.717) is 13.1 Å². The van der Waals surface area contributed by atoms with Crippen molar-refractivity contribution in [3.8, 4) is 11.1 Å². The van der Waals surface area contributed by atoms with Crippen molar-refractivity contribution in [3.63, 3.8) is 0 Å².